The summed E-state index contributed by atoms with van der Waals surface area (Å²) in [5, 5.41) is 8.46. The van der Waals surface area contributed by atoms with Gasteiger partial charge in [-0.3, -0.25) is 4.79 Å². The first kappa shape index (κ1) is 17.8. The molecule has 0 radical (unpaired) electrons. The second kappa shape index (κ2) is 7.56. The highest BCUT2D eigenvalue weighted by Gasteiger charge is 2.25. The molecule has 2 saturated heterocycles. The maximum absolute atomic E-state index is 12.7. The molecule has 2 aromatic rings. The predicted octanol–water partition coefficient (Wildman–Crippen LogP) is 1.49. The summed E-state index contributed by atoms with van der Waals surface area (Å²) < 4.78 is 10.9. The molecule has 8 nitrogen and oxygen atoms in total. The van der Waals surface area contributed by atoms with Crippen molar-refractivity contribution in [1.82, 2.24) is 15.1 Å². The van der Waals surface area contributed by atoms with E-state index in [1.807, 2.05) is 24.8 Å². The van der Waals surface area contributed by atoms with Gasteiger partial charge >= 0.3 is 0 Å². The van der Waals surface area contributed by atoms with Crippen LogP contribution in [-0.2, 0) is 4.74 Å². The monoisotopic (exact) mass is 371 g/mol. The standard InChI is InChI=1S/C19H25N5O3/c1-14-11-17(15(2)27-14)19(25)24-5-3-22(4-6-24)16-12-18(21-20-13-16)23-7-9-26-10-8-23/h11-13H,3-10H2,1-2H3. The number of hydrogen-bond donors (Lipinski definition) is 0. The number of amides is 1. The number of anilines is 2. The molecule has 0 saturated carbocycles. The van der Waals surface area contributed by atoms with Crippen LogP contribution in [0.3, 0.4) is 0 Å². The van der Waals surface area contributed by atoms with Gasteiger partial charge in [-0.05, 0) is 19.9 Å². The lowest BCUT2D eigenvalue weighted by Gasteiger charge is -2.36. The average molecular weight is 371 g/mol. The van der Waals surface area contributed by atoms with Crippen molar-refractivity contribution in [2.45, 2.75) is 13.8 Å². The zero-order chi connectivity index (χ0) is 18.8. The van der Waals surface area contributed by atoms with E-state index in [1.165, 1.54) is 0 Å². The molecule has 2 aromatic heterocycles. The first-order valence-corrected chi connectivity index (χ1v) is 9.38. The van der Waals surface area contributed by atoms with Crippen LogP contribution in [0.25, 0.3) is 0 Å². The highest BCUT2D eigenvalue weighted by Crippen LogP contribution is 2.22. The van der Waals surface area contributed by atoms with Crippen LogP contribution in [0.4, 0.5) is 11.5 Å². The van der Waals surface area contributed by atoms with Crippen LogP contribution >= 0.6 is 0 Å². The van der Waals surface area contributed by atoms with Crippen LogP contribution in [0, 0.1) is 13.8 Å². The van der Waals surface area contributed by atoms with Gasteiger partial charge in [0.05, 0.1) is 30.7 Å². The molecule has 0 spiro atoms. The first-order chi connectivity index (χ1) is 13.1. The van der Waals surface area contributed by atoms with Gasteiger partial charge in [0.1, 0.15) is 11.5 Å². The summed E-state index contributed by atoms with van der Waals surface area (Å²) in [6.45, 7) is 9.73. The Balaban J connectivity index is 1.40. The number of nitrogens with zero attached hydrogens (tertiary/aromatic N) is 5. The molecule has 0 aliphatic carbocycles. The molecule has 4 heterocycles. The van der Waals surface area contributed by atoms with Gasteiger partial charge in [0.2, 0.25) is 0 Å². The minimum atomic E-state index is 0.0471. The highest BCUT2D eigenvalue weighted by molar-refractivity contribution is 5.95. The fourth-order valence-electron chi connectivity index (χ4n) is 3.65. The molecule has 0 aromatic carbocycles. The number of aryl methyl sites for hydroxylation is 2. The Morgan fingerprint density at radius 3 is 2.41 bits per heavy atom. The van der Waals surface area contributed by atoms with E-state index in [-0.39, 0.29) is 5.91 Å². The molecule has 0 atom stereocenters. The van der Waals surface area contributed by atoms with E-state index in [0.29, 0.717) is 24.4 Å². The van der Waals surface area contributed by atoms with Crippen molar-refractivity contribution in [2.24, 2.45) is 0 Å². The normalized spacial score (nSPS) is 18.1. The van der Waals surface area contributed by atoms with Gasteiger partial charge in [0, 0.05) is 45.3 Å². The van der Waals surface area contributed by atoms with Crippen LogP contribution in [0.2, 0.25) is 0 Å². The Morgan fingerprint density at radius 2 is 1.74 bits per heavy atom. The quantitative estimate of drug-likeness (QED) is 0.809. The third kappa shape index (κ3) is 3.75. The molecule has 1 amide bonds. The molecular formula is C19H25N5O3. The summed E-state index contributed by atoms with van der Waals surface area (Å²) in [7, 11) is 0. The number of rotatable bonds is 3. The lowest BCUT2D eigenvalue weighted by atomic mass is 10.2. The molecule has 0 N–H and O–H groups in total. The molecule has 4 rings (SSSR count). The van der Waals surface area contributed by atoms with E-state index in [1.54, 1.807) is 6.20 Å². The fraction of sp³-hybridized carbons (Fsp3) is 0.526. The zero-order valence-electron chi connectivity index (χ0n) is 15.8. The second-order valence-electron chi connectivity index (χ2n) is 6.98. The van der Waals surface area contributed by atoms with Gasteiger partial charge in [-0.15, -0.1) is 5.10 Å². The summed E-state index contributed by atoms with van der Waals surface area (Å²) in [4.78, 5) is 19.1. The number of morpholine rings is 1. The van der Waals surface area contributed by atoms with E-state index in [2.05, 4.69) is 26.1 Å². The SMILES string of the molecule is Cc1cc(C(=O)N2CCN(c3cnnc(N4CCOCC4)c3)CC2)c(C)o1. The van der Waals surface area contributed by atoms with Gasteiger partial charge in [0.25, 0.3) is 5.91 Å². The van der Waals surface area contributed by atoms with Gasteiger partial charge in [0.15, 0.2) is 5.82 Å². The van der Waals surface area contributed by atoms with E-state index >= 15 is 0 Å². The Labute approximate surface area is 158 Å². The number of carbonyl (C=O) groups is 1. The van der Waals surface area contributed by atoms with E-state index in [0.717, 1.165) is 56.7 Å². The number of piperazine rings is 1. The van der Waals surface area contributed by atoms with Crippen LogP contribution in [0.5, 0.6) is 0 Å². The van der Waals surface area contributed by atoms with Gasteiger partial charge in [-0.2, -0.15) is 5.10 Å². The van der Waals surface area contributed by atoms with Gasteiger partial charge in [-0.1, -0.05) is 0 Å². The third-order valence-corrected chi connectivity index (χ3v) is 5.17. The van der Waals surface area contributed by atoms with E-state index in [9.17, 15) is 4.79 Å². The minimum Gasteiger partial charge on any atom is -0.466 e. The van der Waals surface area contributed by atoms with Crippen LogP contribution in [-0.4, -0.2) is 73.5 Å². The summed E-state index contributed by atoms with van der Waals surface area (Å²) in [5.74, 6) is 2.39. The van der Waals surface area contributed by atoms with Crippen molar-refractivity contribution in [3.05, 3.63) is 35.4 Å². The smallest absolute Gasteiger partial charge is 0.257 e. The minimum absolute atomic E-state index is 0.0471. The Bertz CT molecular complexity index is 807. The van der Waals surface area contributed by atoms with Gasteiger partial charge in [-0.25, -0.2) is 0 Å². The van der Waals surface area contributed by atoms with Crippen LogP contribution in [0.15, 0.2) is 22.7 Å². The summed E-state index contributed by atoms with van der Waals surface area (Å²) in [6, 6.07) is 3.91. The topological polar surface area (TPSA) is 74.9 Å². The van der Waals surface area contributed by atoms with Crippen molar-refractivity contribution in [3.63, 3.8) is 0 Å². The van der Waals surface area contributed by atoms with Crippen LogP contribution < -0.4 is 9.80 Å². The molecule has 2 aliphatic heterocycles. The first-order valence-electron chi connectivity index (χ1n) is 9.38. The van der Waals surface area contributed by atoms with Crippen molar-refractivity contribution in [3.8, 4) is 0 Å². The number of carbonyl (C=O) groups excluding carboxylic acids is 1. The van der Waals surface area contributed by atoms with Crippen molar-refractivity contribution in [2.75, 3.05) is 62.3 Å². The highest BCUT2D eigenvalue weighted by atomic mass is 16.5. The van der Waals surface area contributed by atoms with Crippen LogP contribution in [0.1, 0.15) is 21.9 Å². The lowest BCUT2D eigenvalue weighted by Crippen LogP contribution is -2.49. The molecule has 2 fully saturated rings. The largest absolute Gasteiger partial charge is 0.466 e. The van der Waals surface area contributed by atoms with E-state index in [4.69, 9.17) is 9.15 Å². The van der Waals surface area contributed by atoms with Crippen molar-refractivity contribution in [1.29, 1.82) is 0 Å². The number of hydrogen-bond acceptors (Lipinski definition) is 7. The average Bonchev–Trinajstić information content (AvgIpc) is 3.06. The Hall–Kier alpha value is -2.61. The second-order valence-corrected chi connectivity index (χ2v) is 6.98. The molecule has 0 bridgehead atoms. The lowest BCUT2D eigenvalue weighted by molar-refractivity contribution is 0.0745. The Kier molecular flexibility index (Phi) is 4.98. The van der Waals surface area contributed by atoms with Gasteiger partial charge < -0.3 is 23.9 Å². The maximum Gasteiger partial charge on any atom is 0.257 e. The number of aromatic nitrogens is 2. The molecular weight excluding hydrogens is 346 g/mol. The molecule has 8 heteroatoms. The molecule has 0 unspecified atom stereocenters. The van der Waals surface area contributed by atoms with E-state index < -0.39 is 0 Å². The summed E-state index contributed by atoms with van der Waals surface area (Å²) in [5.41, 5.74) is 1.72. The third-order valence-electron chi connectivity index (χ3n) is 5.17. The molecule has 27 heavy (non-hydrogen) atoms. The maximum atomic E-state index is 12.7. The molecule has 2 aliphatic rings. The Morgan fingerprint density at radius 1 is 1.00 bits per heavy atom. The number of furan rings is 1. The fourth-order valence-corrected chi connectivity index (χ4v) is 3.65. The zero-order valence-corrected chi connectivity index (χ0v) is 15.8. The predicted molar refractivity (Wildman–Crippen MR) is 101 cm³/mol. The van der Waals surface area contributed by atoms with Crippen molar-refractivity contribution < 1.29 is 13.9 Å². The summed E-state index contributed by atoms with van der Waals surface area (Å²) >= 11 is 0. The summed E-state index contributed by atoms with van der Waals surface area (Å²) in [6.07, 6.45) is 1.80. The number of ether oxygens (including phenoxy) is 1. The molecule has 144 valence electrons. The van der Waals surface area contributed by atoms with Crippen molar-refractivity contribution >= 4 is 17.4 Å².